The van der Waals surface area contributed by atoms with E-state index in [1.165, 1.54) is 0 Å². The molecule has 0 saturated carbocycles. The van der Waals surface area contributed by atoms with Crippen LogP contribution in [0.15, 0.2) is 60.7 Å². The molecule has 1 N–H and O–H groups in total. The van der Waals surface area contributed by atoms with Crippen molar-refractivity contribution < 1.29 is 14.3 Å². The highest BCUT2D eigenvalue weighted by Crippen LogP contribution is 2.24. The largest absolute Gasteiger partial charge is 0.487 e. The minimum atomic E-state index is -0.272. The van der Waals surface area contributed by atoms with Gasteiger partial charge in [-0.05, 0) is 48.9 Å². The first-order valence-electron chi connectivity index (χ1n) is 7.09. The summed E-state index contributed by atoms with van der Waals surface area (Å²) in [5.74, 6) is 0.901. The molecule has 0 spiro atoms. The van der Waals surface area contributed by atoms with E-state index in [-0.39, 0.29) is 12.5 Å². The van der Waals surface area contributed by atoms with Gasteiger partial charge in [-0.15, -0.1) is 0 Å². The second-order valence-electron chi connectivity index (χ2n) is 5.03. The Morgan fingerprint density at radius 1 is 1.09 bits per heavy atom. The maximum absolute atomic E-state index is 12.0. The molecule has 0 aliphatic carbocycles. The standard InChI is InChI=1S/C18H18ClNO3/c1-13(2)11-23-17-6-4-3-5-16(17)20-18(21)12-22-15-9-7-14(19)8-10-15/h3-10H,1,11-12H2,2H3,(H,20,21). The van der Waals surface area contributed by atoms with Gasteiger partial charge in [0.25, 0.3) is 5.91 Å². The van der Waals surface area contributed by atoms with Gasteiger partial charge < -0.3 is 14.8 Å². The molecule has 0 aromatic heterocycles. The quantitative estimate of drug-likeness (QED) is 0.769. The van der Waals surface area contributed by atoms with E-state index in [2.05, 4.69) is 11.9 Å². The van der Waals surface area contributed by atoms with Gasteiger partial charge in [-0.3, -0.25) is 4.79 Å². The van der Waals surface area contributed by atoms with E-state index in [9.17, 15) is 4.79 Å². The van der Waals surface area contributed by atoms with Gasteiger partial charge in [0, 0.05) is 5.02 Å². The van der Waals surface area contributed by atoms with Crippen molar-refractivity contribution in [1.82, 2.24) is 0 Å². The number of halogens is 1. The minimum absolute atomic E-state index is 0.101. The molecule has 120 valence electrons. The van der Waals surface area contributed by atoms with Crippen LogP contribution in [0.1, 0.15) is 6.92 Å². The SMILES string of the molecule is C=C(C)COc1ccccc1NC(=O)COc1ccc(Cl)cc1. The summed E-state index contributed by atoms with van der Waals surface area (Å²) in [7, 11) is 0. The highest BCUT2D eigenvalue weighted by Gasteiger charge is 2.08. The minimum Gasteiger partial charge on any atom is -0.487 e. The summed E-state index contributed by atoms with van der Waals surface area (Å²) in [6.07, 6.45) is 0. The topological polar surface area (TPSA) is 47.6 Å². The van der Waals surface area contributed by atoms with Crippen molar-refractivity contribution in [3.8, 4) is 11.5 Å². The van der Waals surface area contributed by atoms with Crippen molar-refractivity contribution in [3.63, 3.8) is 0 Å². The maximum Gasteiger partial charge on any atom is 0.262 e. The molecule has 0 bridgehead atoms. The van der Waals surface area contributed by atoms with Gasteiger partial charge in [-0.1, -0.05) is 30.3 Å². The lowest BCUT2D eigenvalue weighted by Crippen LogP contribution is -2.20. The molecule has 0 fully saturated rings. The van der Waals surface area contributed by atoms with Crippen LogP contribution in [0.4, 0.5) is 5.69 Å². The van der Waals surface area contributed by atoms with Crippen LogP contribution in [0, 0.1) is 0 Å². The van der Waals surface area contributed by atoms with Gasteiger partial charge in [0.15, 0.2) is 6.61 Å². The molecule has 4 nitrogen and oxygen atoms in total. The molecule has 2 aromatic carbocycles. The number of anilines is 1. The zero-order chi connectivity index (χ0) is 16.7. The number of hydrogen-bond donors (Lipinski definition) is 1. The van der Waals surface area contributed by atoms with E-state index in [1.807, 2.05) is 19.1 Å². The van der Waals surface area contributed by atoms with Crippen molar-refractivity contribution >= 4 is 23.2 Å². The molecule has 0 atom stereocenters. The van der Waals surface area contributed by atoms with E-state index in [1.54, 1.807) is 36.4 Å². The first kappa shape index (κ1) is 16.9. The Balaban J connectivity index is 1.92. The number of nitrogens with one attached hydrogen (secondary N) is 1. The van der Waals surface area contributed by atoms with Crippen LogP contribution < -0.4 is 14.8 Å². The molecule has 0 heterocycles. The summed E-state index contributed by atoms with van der Waals surface area (Å²) in [5.41, 5.74) is 1.50. The third-order valence-corrected chi connectivity index (χ3v) is 3.07. The molecule has 1 amide bonds. The number of benzene rings is 2. The van der Waals surface area contributed by atoms with Gasteiger partial charge in [0.05, 0.1) is 5.69 Å². The monoisotopic (exact) mass is 331 g/mol. The van der Waals surface area contributed by atoms with Crippen LogP contribution in [0.3, 0.4) is 0 Å². The molecular weight excluding hydrogens is 314 g/mol. The lowest BCUT2D eigenvalue weighted by molar-refractivity contribution is -0.118. The van der Waals surface area contributed by atoms with Crippen molar-refractivity contribution in [2.24, 2.45) is 0 Å². The Kier molecular flexibility index (Phi) is 6.06. The smallest absolute Gasteiger partial charge is 0.262 e. The molecule has 0 radical (unpaired) electrons. The zero-order valence-electron chi connectivity index (χ0n) is 12.8. The highest BCUT2D eigenvalue weighted by molar-refractivity contribution is 6.30. The summed E-state index contributed by atoms with van der Waals surface area (Å²) < 4.78 is 11.0. The fraction of sp³-hybridized carbons (Fsp3) is 0.167. The van der Waals surface area contributed by atoms with Crippen LogP contribution in [-0.2, 0) is 4.79 Å². The molecule has 5 heteroatoms. The van der Waals surface area contributed by atoms with Crippen LogP contribution in [0.5, 0.6) is 11.5 Å². The van der Waals surface area contributed by atoms with Gasteiger partial charge in [0.2, 0.25) is 0 Å². The van der Waals surface area contributed by atoms with E-state index in [4.69, 9.17) is 21.1 Å². The van der Waals surface area contributed by atoms with Crippen molar-refractivity contribution in [1.29, 1.82) is 0 Å². The Morgan fingerprint density at radius 3 is 2.48 bits per heavy atom. The predicted molar refractivity (Wildman–Crippen MR) is 92.3 cm³/mol. The molecule has 2 aromatic rings. The molecule has 0 saturated heterocycles. The number of carbonyl (C=O) groups is 1. The Hall–Kier alpha value is -2.46. The summed E-state index contributed by atoms with van der Waals surface area (Å²) in [6.45, 7) is 5.96. The number of rotatable bonds is 7. The molecule has 23 heavy (non-hydrogen) atoms. The van der Waals surface area contributed by atoms with E-state index >= 15 is 0 Å². The van der Waals surface area contributed by atoms with Crippen molar-refractivity contribution in [3.05, 3.63) is 65.7 Å². The average Bonchev–Trinajstić information content (AvgIpc) is 2.53. The van der Waals surface area contributed by atoms with Gasteiger partial charge in [-0.25, -0.2) is 0 Å². The van der Waals surface area contributed by atoms with Crippen LogP contribution in [0.2, 0.25) is 5.02 Å². The Labute approximate surface area is 140 Å². The number of carbonyl (C=O) groups excluding carboxylic acids is 1. The van der Waals surface area contributed by atoms with E-state index in [0.29, 0.717) is 28.8 Å². The lowest BCUT2D eigenvalue weighted by atomic mass is 10.3. The normalized spacial score (nSPS) is 10.0. The molecular formula is C18H18ClNO3. The second-order valence-corrected chi connectivity index (χ2v) is 5.47. The first-order valence-corrected chi connectivity index (χ1v) is 7.47. The first-order chi connectivity index (χ1) is 11.0. The van der Waals surface area contributed by atoms with Crippen LogP contribution >= 0.6 is 11.6 Å². The van der Waals surface area contributed by atoms with Gasteiger partial charge in [0.1, 0.15) is 18.1 Å². The van der Waals surface area contributed by atoms with Crippen LogP contribution in [-0.4, -0.2) is 19.1 Å². The maximum atomic E-state index is 12.0. The summed E-state index contributed by atoms with van der Waals surface area (Å²) in [4.78, 5) is 12.0. The summed E-state index contributed by atoms with van der Waals surface area (Å²) >= 11 is 5.80. The number of para-hydroxylation sites is 2. The van der Waals surface area contributed by atoms with Gasteiger partial charge >= 0.3 is 0 Å². The second kappa shape index (κ2) is 8.25. The molecule has 0 aliphatic heterocycles. The number of amides is 1. The van der Waals surface area contributed by atoms with Crippen molar-refractivity contribution in [2.45, 2.75) is 6.92 Å². The van der Waals surface area contributed by atoms with E-state index in [0.717, 1.165) is 5.57 Å². The number of ether oxygens (including phenoxy) is 2. The van der Waals surface area contributed by atoms with Crippen LogP contribution in [0.25, 0.3) is 0 Å². The Morgan fingerprint density at radius 2 is 1.78 bits per heavy atom. The zero-order valence-corrected chi connectivity index (χ0v) is 13.6. The third kappa shape index (κ3) is 5.68. The summed E-state index contributed by atoms with van der Waals surface area (Å²) in [5, 5.41) is 3.39. The molecule has 0 aliphatic rings. The Bertz CT molecular complexity index is 683. The summed E-state index contributed by atoms with van der Waals surface area (Å²) in [6, 6.07) is 14.0. The van der Waals surface area contributed by atoms with Gasteiger partial charge in [-0.2, -0.15) is 0 Å². The average molecular weight is 332 g/mol. The molecule has 2 rings (SSSR count). The third-order valence-electron chi connectivity index (χ3n) is 2.82. The fourth-order valence-electron chi connectivity index (χ4n) is 1.76. The highest BCUT2D eigenvalue weighted by atomic mass is 35.5. The predicted octanol–water partition coefficient (Wildman–Crippen LogP) is 4.31. The molecule has 0 unspecified atom stereocenters. The fourth-order valence-corrected chi connectivity index (χ4v) is 1.89. The number of hydrogen-bond acceptors (Lipinski definition) is 3. The van der Waals surface area contributed by atoms with Crippen molar-refractivity contribution in [2.75, 3.05) is 18.5 Å². The lowest BCUT2D eigenvalue weighted by Gasteiger charge is -2.12. The van der Waals surface area contributed by atoms with E-state index < -0.39 is 0 Å².